The van der Waals surface area contributed by atoms with Crippen molar-refractivity contribution in [3.05, 3.63) is 25.3 Å². The Hall–Kier alpha value is -1.58. The summed E-state index contributed by atoms with van der Waals surface area (Å²) < 4.78 is 0. The van der Waals surface area contributed by atoms with Crippen molar-refractivity contribution in [1.29, 1.82) is 0 Å². The second-order valence-corrected chi connectivity index (χ2v) is 4.69. The monoisotopic (exact) mass is 234 g/mol. The third kappa shape index (κ3) is 2.12. The van der Waals surface area contributed by atoms with E-state index in [1.807, 2.05) is 0 Å². The number of amides is 2. The molecule has 92 valence electrons. The summed E-state index contributed by atoms with van der Waals surface area (Å²) in [5.41, 5.74) is 0. The SMILES string of the molecule is C=CCN1C[C@H]2CN(CC=C)C(=O)[C@H]2CC1=O. The molecule has 0 aliphatic carbocycles. The highest BCUT2D eigenvalue weighted by Gasteiger charge is 2.45. The molecule has 2 fully saturated rings. The van der Waals surface area contributed by atoms with Gasteiger partial charge in [0.2, 0.25) is 11.8 Å². The number of hydrogen-bond donors (Lipinski definition) is 0. The third-order valence-electron chi connectivity index (χ3n) is 3.55. The molecule has 0 unspecified atom stereocenters. The molecule has 0 bridgehead atoms. The highest BCUT2D eigenvalue weighted by atomic mass is 16.2. The molecule has 4 nitrogen and oxygen atoms in total. The second kappa shape index (κ2) is 4.73. The zero-order valence-corrected chi connectivity index (χ0v) is 9.97. The molecule has 0 saturated carbocycles. The van der Waals surface area contributed by atoms with Crippen LogP contribution in [0.5, 0.6) is 0 Å². The molecule has 0 N–H and O–H groups in total. The number of fused-ring (bicyclic) bond motifs is 1. The van der Waals surface area contributed by atoms with E-state index in [1.54, 1.807) is 22.0 Å². The molecule has 2 rings (SSSR count). The van der Waals surface area contributed by atoms with E-state index in [4.69, 9.17) is 0 Å². The van der Waals surface area contributed by atoms with Gasteiger partial charge in [-0.15, -0.1) is 13.2 Å². The highest BCUT2D eigenvalue weighted by Crippen LogP contribution is 2.32. The minimum atomic E-state index is -0.108. The van der Waals surface area contributed by atoms with Crippen molar-refractivity contribution in [3.63, 3.8) is 0 Å². The van der Waals surface area contributed by atoms with Gasteiger partial charge in [0.25, 0.3) is 0 Å². The number of piperidine rings is 1. The molecule has 2 amide bonds. The standard InChI is InChI=1S/C13H18N2O2/c1-3-5-14-8-10-9-15(6-4-2)13(17)11(10)7-12(14)16/h3-4,10-11H,1-2,5-9H2/t10-,11-/m0/s1. The summed E-state index contributed by atoms with van der Waals surface area (Å²) in [6, 6.07) is 0. The van der Waals surface area contributed by atoms with E-state index in [0.717, 1.165) is 6.54 Å². The zero-order valence-electron chi connectivity index (χ0n) is 9.97. The van der Waals surface area contributed by atoms with Crippen LogP contribution in [0, 0.1) is 11.8 Å². The summed E-state index contributed by atoms with van der Waals surface area (Å²) in [5, 5.41) is 0. The predicted molar refractivity (Wildman–Crippen MR) is 65.2 cm³/mol. The fourth-order valence-corrected chi connectivity index (χ4v) is 2.73. The summed E-state index contributed by atoms with van der Waals surface area (Å²) in [6.07, 6.45) is 3.82. The lowest BCUT2D eigenvalue weighted by molar-refractivity contribution is -0.141. The van der Waals surface area contributed by atoms with Crippen molar-refractivity contribution < 1.29 is 9.59 Å². The normalized spacial score (nSPS) is 28.2. The van der Waals surface area contributed by atoms with Crippen LogP contribution in [-0.4, -0.2) is 47.8 Å². The average Bonchev–Trinajstić information content (AvgIpc) is 2.58. The van der Waals surface area contributed by atoms with Crippen LogP contribution in [0.2, 0.25) is 0 Å². The van der Waals surface area contributed by atoms with Gasteiger partial charge < -0.3 is 9.80 Å². The molecular weight excluding hydrogens is 216 g/mol. The van der Waals surface area contributed by atoms with Crippen molar-refractivity contribution >= 4 is 11.8 Å². The van der Waals surface area contributed by atoms with Crippen molar-refractivity contribution in [3.8, 4) is 0 Å². The topological polar surface area (TPSA) is 40.6 Å². The fraction of sp³-hybridized carbons (Fsp3) is 0.538. The highest BCUT2D eigenvalue weighted by molar-refractivity contribution is 5.89. The Bertz CT molecular complexity index is 356. The first-order valence-corrected chi connectivity index (χ1v) is 5.95. The quantitative estimate of drug-likeness (QED) is 0.671. The van der Waals surface area contributed by atoms with Crippen molar-refractivity contribution in [2.75, 3.05) is 26.2 Å². The van der Waals surface area contributed by atoms with Crippen LogP contribution in [0.4, 0.5) is 0 Å². The molecule has 0 radical (unpaired) electrons. The fourth-order valence-electron chi connectivity index (χ4n) is 2.73. The van der Waals surface area contributed by atoms with Gasteiger partial charge in [-0.05, 0) is 0 Å². The maximum atomic E-state index is 12.0. The Morgan fingerprint density at radius 1 is 1.12 bits per heavy atom. The lowest BCUT2D eigenvalue weighted by Gasteiger charge is -2.32. The van der Waals surface area contributed by atoms with E-state index in [-0.39, 0.29) is 23.7 Å². The molecule has 0 spiro atoms. The molecule has 2 heterocycles. The van der Waals surface area contributed by atoms with E-state index in [1.165, 1.54) is 0 Å². The van der Waals surface area contributed by atoms with Crippen molar-refractivity contribution in [1.82, 2.24) is 9.80 Å². The lowest BCUT2D eigenvalue weighted by atomic mass is 9.88. The number of likely N-dealkylation sites (tertiary alicyclic amines) is 2. The van der Waals surface area contributed by atoms with Gasteiger partial charge >= 0.3 is 0 Å². The third-order valence-corrected chi connectivity index (χ3v) is 3.55. The Labute approximate surface area is 102 Å². The van der Waals surface area contributed by atoms with Gasteiger partial charge in [-0.25, -0.2) is 0 Å². The molecule has 0 aromatic carbocycles. The first kappa shape index (κ1) is 11.9. The number of rotatable bonds is 4. The van der Waals surface area contributed by atoms with Crippen LogP contribution in [0.1, 0.15) is 6.42 Å². The van der Waals surface area contributed by atoms with Gasteiger partial charge in [-0.1, -0.05) is 12.2 Å². The summed E-state index contributed by atoms with van der Waals surface area (Å²) in [4.78, 5) is 27.4. The minimum absolute atomic E-state index is 0.0694. The lowest BCUT2D eigenvalue weighted by Crippen LogP contribution is -2.44. The zero-order chi connectivity index (χ0) is 12.4. The molecule has 2 atom stereocenters. The van der Waals surface area contributed by atoms with Crippen molar-refractivity contribution in [2.24, 2.45) is 11.8 Å². The molecule has 2 aliphatic heterocycles. The van der Waals surface area contributed by atoms with Gasteiger partial charge in [-0.3, -0.25) is 9.59 Å². The molecule has 17 heavy (non-hydrogen) atoms. The minimum Gasteiger partial charge on any atom is -0.339 e. The molecule has 0 aromatic heterocycles. The average molecular weight is 234 g/mol. The number of hydrogen-bond acceptors (Lipinski definition) is 2. The van der Waals surface area contributed by atoms with E-state index < -0.39 is 0 Å². The Morgan fingerprint density at radius 3 is 2.35 bits per heavy atom. The van der Waals surface area contributed by atoms with Gasteiger partial charge in [0, 0.05) is 38.5 Å². The predicted octanol–water partition coefficient (Wildman–Crippen LogP) is 0.665. The van der Waals surface area contributed by atoms with E-state index in [0.29, 0.717) is 26.1 Å². The maximum Gasteiger partial charge on any atom is 0.226 e. The van der Waals surface area contributed by atoms with Gasteiger partial charge in [0.05, 0.1) is 5.92 Å². The maximum absolute atomic E-state index is 12.0. The van der Waals surface area contributed by atoms with Crippen LogP contribution in [0.3, 0.4) is 0 Å². The van der Waals surface area contributed by atoms with E-state index >= 15 is 0 Å². The summed E-state index contributed by atoms with van der Waals surface area (Å²) in [7, 11) is 0. The van der Waals surface area contributed by atoms with Crippen LogP contribution in [0.25, 0.3) is 0 Å². The molecule has 2 aliphatic rings. The molecular formula is C13H18N2O2. The number of nitrogens with zero attached hydrogens (tertiary/aromatic N) is 2. The van der Waals surface area contributed by atoms with Gasteiger partial charge in [0.15, 0.2) is 0 Å². The smallest absolute Gasteiger partial charge is 0.226 e. The Balaban J connectivity index is 2.07. The van der Waals surface area contributed by atoms with E-state index in [2.05, 4.69) is 13.2 Å². The van der Waals surface area contributed by atoms with Crippen molar-refractivity contribution in [2.45, 2.75) is 6.42 Å². The van der Waals surface area contributed by atoms with Crippen LogP contribution in [0.15, 0.2) is 25.3 Å². The summed E-state index contributed by atoms with van der Waals surface area (Å²) >= 11 is 0. The number of carbonyl (C=O) groups excluding carboxylic acids is 2. The first-order valence-electron chi connectivity index (χ1n) is 5.95. The largest absolute Gasteiger partial charge is 0.339 e. The Morgan fingerprint density at radius 2 is 1.71 bits per heavy atom. The molecule has 2 saturated heterocycles. The van der Waals surface area contributed by atoms with Gasteiger partial charge in [0.1, 0.15) is 0 Å². The van der Waals surface area contributed by atoms with Crippen LogP contribution >= 0.6 is 0 Å². The first-order chi connectivity index (χ1) is 8.17. The summed E-state index contributed by atoms with van der Waals surface area (Å²) in [6.45, 7) is 9.89. The van der Waals surface area contributed by atoms with Crippen LogP contribution in [-0.2, 0) is 9.59 Å². The summed E-state index contributed by atoms with van der Waals surface area (Å²) in [5.74, 6) is 0.352. The Kier molecular flexibility index (Phi) is 3.31. The second-order valence-electron chi connectivity index (χ2n) is 4.69. The van der Waals surface area contributed by atoms with Gasteiger partial charge in [-0.2, -0.15) is 0 Å². The molecule has 0 aromatic rings. The van der Waals surface area contributed by atoms with Crippen LogP contribution < -0.4 is 0 Å². The molecule has 4 heteroatoms. The number of carbonyl (C=O) groups is 2. The van der Waals surface area contributed by atoms with E-state index in [9.17, 15) is 9.59 Å².